The minimum Gasteiger partial charge on any atom is -0.307 e. The minimum absolute atomic E-state index is 0.164. The molecule has 3 amide bonds. The van der Waals surface area contributed by atoms with Crippen LogP contribution in [-0.4, -0.2) is 32.7 Å². The van der Waals surface area contributed by atoms with E-state index in [4.69, 9.17) is 0 Å². The highest BCUT2D eigenvalue weighted by Crippen LogP contribution is 2.32. The van der Waals surface area contributed by atoms with Crippen LogP contribution in [-0.2, 0) is 24.8 Å². The third-order valence-electron chi connectivity index (χ3n) is 4.40. The van der Waals surface area contributed by atoms with Crippen LogP contribution in [0.15, 0.2) is 30.3 Å². The Morgan fingerprint density at radius 1 is 1.18 bits per heavy atom. The van der Waals surface area contributed by atoms with Crippen LogP contribution in [0.3, 0.4) is 0 Å². The van der Waals surface area contributed by atoms with Gasteiger partial charge >= 0.3 is 6.03 Å². The molecule has 6 nitrogen and oxygen atoms in total. The summed E-state index contributed by atoms with van der Waals surface area (Å²) in [7, 11) is 1.74. The smallest absolute Gasteiger partial charge is 0.307 e. The fourth-order valence-electron chi connectivity index (χ4n) is 3.33. The zero-order valence-corrected chi connectivity index (χ0v) is 12.5. The lowest BCUT2D eigenvalue weighted by Gasteiger charge is -2.28. The van der Waals surface area contributed by atoms with Crippen molar-refractivity contribution in [1.82, 2.24) is 14.7 Å². The number of nitrogens with zero attached hydrogens (tertiary/aromatic N) is 4. The van der Waals surface area contributed by atoms with Gasteiger partial charge in [0.05, 0.1) is 5.69 Å². The van der Waals surface area contributed by atoms with Crippen LogP contribution in [0.1, 0.15) is 16.8 Å². The van der Waals surface area contributed by atoms with Gasteiger partial charge in [0.25, 0.3) is 5.91 Å². The molecule has 0 saturated carbocycles. The van der Waals surface area contributed by atoms with Gasteiger partial charge in [-0.2, -0.15) is 5.10 Å². The number of carbonyl (C=O) groups excluding carboxylic acids is 2. The first-order valence-corrected chi connectivity index (χ1v) is 7.28. The molecule has 1 atom stereocenters. The Hall–Kier alpha value is -2.63. The van der Waals surface area contributed by atoms with Crippen molar-refractivity contribution in [3.63, 3.8) is 0 Å². The molecule has 0 spiro atoms. The number of hydrogen-bond donors (Lipinski definition) is 0. The number of aromatic nitrogens is 2. The van der Waals surface area contributed by atoms with Crippen LogP contribution >= 0.6 is 0 Å². The maximum absolute atomic E-state index is 12.7. The molecule has 3 heterocycles. The summed E-state index contributed by atoms with van der Waals surface area (Å²) < 4.78 is 1.58. The molecule has 6 heteroatoms. The Morgan fingerprint density at radius 2 is 1.91 bits per heavy atom. The van der Waals surface area contributed by atoms with E-state index in [2.05, 4.69) is 5.10 Å². The zero-order chi connectivity index (χ0) is 15.4. The average molecular weight is 296 g/mol. The molecule has 0 bridgehead atoms. The average Bonchev–Trinajstić information content (AvgIpc) is 2.95. The third-order valence-corrected chi connectivity index (χ3v) is 4.40. The molecule has 1 saturated heterocycles. The van der Waals surface area contributed by atoms with Gasteiger partial charge in [-0.15, -0.1) is 0 Å². The Morgan fingerprint density at radius 3 is 2.59 bits per heavy atom. The SMILES string of the molecule is Cc1cc(N2C(=O)C3Cc4ccccc4CN3C2=O)n(C)n1. The maximum atomic E-state index is 12.7. The second-order valence-electron chi connectivity index (χ2n) is 5.84. The molecular weight excluding hydrogens is 280 g/mol. The number of fused-ring (bicyclic) bond motifs is 2. The lowest BCUT2D eigenvalue weighted by Crippen LogP contribution is -2.39. The van der Waals surface area contributed by atoms with E-state index in [0.717, 1.165) is 16.8 Å². The van der Waals surface area contributed by atoms with Gasteiger partial charge in [0.2, 0.25) is 0 Å². The highest BCUT2D eigenvalue weighted by Gasteiger charge is 2.48. The summed E-state index contributed by atoms with van der Waals surface area (Å²) in [5.41, 5.74) is 3.04. The van der Waals surface area contributed by atoms with E-state index in [0.29, 0.717) is 18.8 Å². The van der Waals surface area contributed by atoms with Crippen LogP contribution < -0.4 is 4.90 Å². The maximum Gasteiger partial charge on any atom is 0.333 e. The van der Waals surface area contributed by atoms with Gasteiger partial charge in [-0.3, -0.25) is 9.48 Å². The van der Waals surface area contributed by atoms with Crippen molar-refractivity contribution >= 4 is 17.8 Å². The van der Waals surface area contributed by atoms with Gasteiger partial charge in [0.15, 0.2) is 0 Å². The molecule has 2 aliphatic heterocycles. The van der Waals surface area contributed by atoms with Gasteiger partial charge in [-0.1, -0.05) is 24.3 Å². The van der Waals surface area contributed by atoms with E-state index >= 15 is 0 Å². The fraction of sp³-hybridized carbons (Fsp3) is 0.312. The van der Waals surface area contributed by atoms with Crippen molar-refractivity contribution in [2.75, 3.05) is 4.90 Å². The van der Waals surface area contributed by atoms with Gasteiger partial charge in [0.1, 0.15) is 11.9 Å². The Labute approximate surface area is 127 Å². The quantitative estimate of drug-likeness (QED) is 0.751. The van der Waals surface area contributed by atoms with Crippen LogP contribution in [0.2, 0.25) is 0 Å². The molecule has 1 aromatic carbocycles. The molecule has 0 aliphatic carbocycles. The Bertz CT molecular complexity index is 752. The first-order valence-electron chi connectivity index (χ1n) is 7.28. The number of anilines is 1. The van der Waals surface area contributed by atoms with Gasteiger partial charge in [-0.05, 0) is 18.1 Å². The Kier molecular flexibility index (Phi) is 2.63. The number of urea groups is 1. The second kappa shape index (κ2) is 4.43. The molecule has 112 valence electrons. The highest BCUT2D eigenvalue weighted by molar-refractivity contribution is 6.21. The first kappa shape index (κ1) is 13.1. The molecule has 22 heavy (non-hydrogen) atoms. The van der Waals surface area contributed by atoms with E-state index in [1.165, 1.54) is 4.90 Å². The normalized spacial score (nSPS) is 20.4. The number of aryl methyl sites for hydroxylation is 2. The van der Waals surface area contributed by atoms with E-state index in [1.807, 2.05) is 31.2 Å². The summed E-state index contributed by atoms with van der Waals surface area (Å²) in [6.45, 7) is 2.33. The summed E-state index contributed by atoms with van der Waals surface area (Å²) in [6, 6.07) is 9.08. The molecule has 1 fully saturated rings. The lowest BCUT2D eigenvalue weighted by molar-refractivity contribution is -0.120. The van der Waals surface area contributed by atoms with Crippen molar-refractivity contribution in [2.24, 2.45) is 7.05 Å². The minimum atomic E-state index is -0.405. The molecule has 0 N–H and O–H groups in total. The predicted molar refractivity (Wildman–Crippen MR) is 80.3 cm³/mol. The summed E-state index contributed by atoms with van der Waals surface area (Å²) >= 11 is 0. The van der Waals surface area contributed by atoms with E-state index < -0.39 is 6.04 Å². The number of rotatable bonds is 1. The van der Waals surface area contributed by atoms with Crippen molar-refractivity contribution < 1.29 is 9.59 Å². The molecule has 1 unspecified atom stereocenters. The van der Waals surface area contributed by atoms with Crippen LogP contribution in [0.4, 0.5) is 10.6 Å². The van der Waals surface area contributed by atoms with Crippen LogP contribution in [0, 0.1) is 6.92 Å². The summed E-state index contributed by atoms with van der Waals surface area (Å²) in [5.74, 6) is 0.369. The van der Waals surface area contributed by atoms with Gasteiger partial charge < -0.3 is 4.90 Å². The second-order valence-corrected chi connectivity index (χ2v) is 5.84. The summed E-state index contributed by atoms with van der Waals surface area (Å²) in [4.78, 5) is 28.4. The van der Waals surface area contributed by atoms with E-state index in [-0.39, 0.29) is 11.9 Å². The van der Waals surface area contributed by atoms with Crippen molar-refractivity contribution in [3.05, 3.63) is 47.2 Å². The number of imide groups is 1. The molecule has 0 radical (unpaired) electrons. The van der Waals surface area contributed by atoms with Crippen molar-refractivity contribution in [1.29, 1.82) is 0 Å². The lowest BCUT2D eigenvalue weighted by atomic mass is 9.95. The molecule has 1 aromatic heterocycles. The third kappa shape index (κ3) is 1.70. The predicted octanol–water partition coefficient (Wildman–Crippen LogP) is 1.62. The monoisotopic (exact) mass is 296 g/mol. The van der Waals surface area contributed by atoms with Gasteiger partial charge in [-0.25, -0.2) is 9.69 Å². The van der Waals surface area contributed by atoms with Crippen LogP contribution in [0.25, 0.3) is 0 Å². The van der Waals surface area contributed by atoms with Crippen molar-refractivity contribution in [3.8, 4) is 0 Å². The number of carbonyl (C=O) groups is 2. The molecule has 4 rings (SSSR count). The zero-order valence-electron chi connectivity index (χ0n) is 12.5. The van der Waals surface area contributed by atoms with Gasteiger partial charge in [0, 0.05) is 26.1 Å². The standard InChI is InChI=1S/C16H16N4O2/c1-10-7-14(18(2)17-10)20-15(21)13-8-11-5-3-4-6-12(11)9-19(13)16(20)22/h3-7,13H,8-9H2,1-2H3. The molecular formula is C16H16N4O2. The summed E-state index contributed by atoms with van der Waals surface area (Å²) in [5, 5.41) is 4.23. The van der Waals surface area contributed by atoms with E-state index in [1.54, 1.807) is 22.7 Å². The number of benzene rings is 1. The molecule has 2 aromatic rings. The molecule has 2 aliphatic rings. The topological polar surface area (TPSA) is 58.4 Å². The fourth-order valence-corrected chi connectivity index (χ4v) is 3.33. The first-order chi connectivity index (χ1) is 10.6. The van der Waals surface area contributed by atoms with E-state index in [9.17, 15) is 9.59 Å². The highest BCUT2D eigenvalue weighted by atomic mass is 16.2. The van der Waals surface area contributed by atoms with Crippen LogP contribution in [0.5, 0.6) is 0 Å². The Balaban J connectivity index is 1.74. The number of amides is 3. The summed E-state index contributed by atoms with van der Waals surface area (Å²) in [6.07, 6.45) is 0.577. The largest absolute Gasteiger partial charge is 0.333 e. The van der Waals surface area contributed by atoms with Crippen molar-refractivity contribution in [2.45, 2.75) is 25.9 Å². The number of hydrogen-bond acceptors (Lipinski definition) is 3.